The molecule has 0 spiro atoms. The van der Waals surface area contributed by atoms with Crippen molar-refractivity contribution >= 4 is 23.6 Å². The first-order valence-electron chi connectivity index (χ1n) is 10.7. The molecule has 0 bridgehead atoms. The second kappa shape index (κ2) is 11.3. The molecule has 3 rings (SSSR count). The molecule has 1 heterocycles. The number of benzene rings is 2. The molecular weight excluding hydrogens is 447 g/mol. The minimum absolute atomic E-state index is 0.226. The second-order valence-corrected chi connectivity index (χ2v) is 8.64. The largest absolute Gasteiger partial charge is 0.493 e. The quantitative estimate of drug-likeness (QED) is 0.551. The van der Waals surface area contributed by atoms with Crippen LogP contribution in [0.25, 0.3) is 0 Å². The molecule has 1 aliphatic rings. The summed E-state index contributed by atoms with van der Waals surface area (Å²) in [4.78, 5) is 28.3. The molecule has 0 aliphatic carbocycles. The zero-order valence-corrected chi connectivity index (χ0v) is 20.0. The molecule has 2 unspecified atom stereocenters. The predicted octanol–water partition coefficient (Wildman–Crippen LogP) is 4.02. The van der Waals surface area contributed by atoms with Crippen molar-refractivity contribution in [1.82, 2.24) is 10.2 Å². The number of nitrogens with zero attached hydrogens (tertiary/aromatic N) is 1. The third-order valence-electron chi connectivity index (χ3n) is 5.41. The van der Waals surface area contributed by atoms with Crippen molar-refractivity contribution in [1.29, 1.82) is 0 Å². The Labute approximate surface area is 197 Å². The normalized spacial score (nSPS) is 17.5. The van der Waals surface area contributed by atoms with Gasteiger partial charge in [0.1, 0.15) is 17.2 Å². The van der Waals surface area contributed by atoms with Gasteiger partial charge in [0.25, 0.3) is 5.91 Å². The average Bonchev–Trinajstić information content (AvgIpc) is 3.28. The van der Waals surface area contributed by atoms with Crippen molar-refractivity contribution in [2.45, 2.75) is 31.2 Å². The molecule has 1 saturated heterocycles. The first kappa shape index (κ1) is 24.7. The van der Waals surface area contributed by atoms with Gasteiger partial charge in [-0.15, -0.1) is 11.8 Å². The van der Waals surface area contributed by atoms with Crippen LogP contribution in [0.1, 0.15) is 41.1 Å². The highest BCUT2D eigenvalue weighted by atomic mass is 32.2. The lowest BCUT2D eigenvalue weighted by Crippen LogP contribution is -2.48. The molecule has 33 heavy (non-hydrogen) atoms. The van der Waals surface area contributed by atoms with Gasteiger partial charge in [-0.1, -0.05) is 25.5 Å². The van der Waals surface area contributed by atoms with Crippen molar-refractivity contribution in [3.05, 3.63) is 53.3 Å². The number of hydrogen-bond acceptors (Lipinski definition) is 6. The van der Waals surface area contributed by atoms with E-state index >= 15 is 0 Å². The Kier molecular flexibility index (Phi) is 8.43. The number of thioether (sulfide) groups is 1. The highest BCUT2D eigenvalue weighted by Crippen LogP contribution is 2.44. The van der Waals surface area contributed by atoms with E-state index < -0.39 is 17.2 Å². The lowest BCUT2D eigenvalue weighted by atomic mass is 10.1. The molecule has 0 aromatic heterocycles. The molecule has 2 atom stereocenters. The number of methoxy groups -OCH3 is 3. The summed E-state index contributed by atoms with van der Waals surface area (Å²) in [7, 11) is 4.42. The van der Waals surface area contributed by atoms with E-state index in [0.717, 1.165) is 12.8 Å². The molecule has 1 N–H and O–H groups in total. The number of ether oxygens (including phenoxy) is 3. The van der Waals surface area contributed by atoms with E-state index in [1.54, 1.807) is 24.3 Å². The van der Waals surface area contributed by atoms with E-state index in [9.17, 15) is 14.0 Å². The molecular formula is C24H29FN2O5S. The number of hydrogen-bond donors (Lipinski definition) is 1. The molecule has 1 fully saturated rings. The topological polar surface area (TPSA) is 77.1 Å². The summed E-state index contributed by atoms with van der Waals surface area (Å²) in [6.07, 6.45) is 1.79. The maximum Gasteiger partial charge on any atom is 0.256 e. The zero-order valence-electron chi connectivity index (χ0n) is 19.2. The van der Waals surface area contributed by atoms with Gasteiger partial charge in [0.15, 0.2) is 11.5 Å². The summed E-state index contributed by atoms with van der Waals surface area (Å²) >= 11 is 1.43. The minimum Gasteiger partial charge on any atom is -0.493 e. The van der Waals surface area contributed by atoms with Crippen molar-refractivity contribution in [3.8, 4) is 17.2 Å². The van der Waals surface area contributed by atoms with Crippen LogP contribution in [0.3, 0.4) is 0 Å². The van der Waals surface area contributed by atoms with Crippen LogP contribution in [0.5, 0.6) is 17.2 Å². The zero-order chi connectivity index (χ0) is 24.0. The molecule has 9 heteroatoms. The van der Waals surface area contributed by atoms with Crippen LogP contribution in [0.2, 0.25) is 0 Å². The SMILES string of the molecule is CCCCNC(=O)C1CSC(c2cccc(F)c2)N1C(=O)c1cc(OC)c(OC)c(OC)c1. The molecule has 2 aromatic rings. The lowest BCUT2D eigenvalue weighted by Gasteiger charge is -2.29. The lowest BCUT2D eigenvalue weighted by molar-refractivity contribution is -0.124. The van der Waals surface area contributed by atoms with Crippen LogP contribution in [0.4, 0.5) is 4.39 Å². The van der Waals surface area contributed by atoms with Gasteiger partial charge in [0.05, 0.1) is 21.3 Å². The van der Waals surface area contributed by atoms with Gasteiger partial charge >= 0.3 is 0 Å². The van der Waals surface area contributed by atoms with Gasteiger partial charge < -0.3 is 24.4 Å². The van der Waals surface area contributed by atoms with E-state index in [-0.39, 0.29) is 17.4 Å². The van der Waals surface area contributed by atoms with Gasteiger partial charge in [0.2, 0.25) is 11.7 Å². The number of nitrogens with one attached hydrogen (secondary N) is 1. The number of carbonyl (C=O) groups excluding carboxylic acids is 2. The number of amides is 2. The fourth-order valence-corrected chi connectivity index (χ4v) is 5.15. The van der Waals surface area contributed by atoms with Gasteiger partial charge in [-0.25, -0.2) is 4.39 Å². The van der Waals surface area contributed by atoms with Gasteiger partial charge in [-0.2, -0.15) is 0 Å². The second-order valence-electron chi connectivity index (χ2n) is 7.53. The third-order valence-corrected chi connectivity index (χ3v) is 6.74. The Morgan fingerprint density at radius 3 is 2.39 bits per heavy atom. The van der Waals surface area contributed by atoms with E-state index in [4.69, 9.17) is 14.2 Å². The summed E-state index contributed by atoms with van der Waals surface area (Å²) in [6, 6.07) is 8.51. The first-order chi connectivity index (χ1) is 15.9. The standard InChI is InChI=1S/C24H29FN2O5S/c1-5-6-10-26-22(28)18-14-33-24(15-8-7-9-17(25)11-15)27(18)23(29)16-12-19(30-2)21(32-4)20(13-16)31-3/h7-9,11-13,18,24H,5-6,10,14H2,1-4H3,(H,26,28). The summed E-state index contributed by atoms with van der Waals surface area (Å²) in [5.41, 5.74) is 0.893. The van der Waals surface area contributed by atoms with E-state index in [1.807, 2.05) is 6.92 Å². The highest BCUT2D eigenvalue weighted by molar-refractivity contribution is 7.99. The van der Waals surface area contributed by atoms with Crippen LogP contribution in [-0.2, 0) is 4.79 Å². The van der Waals surface area contributed by atoms with Crippen molar-refractivity contribution in [2.24, 2.45) is 0 Å². The van der Waals surface area contributed by atoms with Gasteiger partial charge in [-0.3, -0.25) is 9.59 Å². The van der Waals surface area contributed by atoms with Gasteiger partial charge in [-0.05, 0) is 36.2 Å². The summed E-state index contributed by atoms with van der Waals surface area (Å²) < 4.78 is 30.1. The maximum atomic E-state index is 14.0. The Hall–Kier alpha value is -2.94. The molecule has 2 amide bonds. The molecule has 178 valence electrons. The van der Waals surface area contributed by atoms with Crippen molar-refractivity contribution in [2.75, 3.05) is 33.6 Å². The van der Waals surface area contributed by atoms with Crippen molar-refractivity contribution in [3.63, 3.8) is 0 Å². The maximum absolute atomic E-state index is 14.0. The number of rotatable bonds is 9. The van der Waals surface area contributed by atoms with Crippen LogP contribution in [0.15, 0.2) is 36.4 Å². The smallest absolute Gasteiger partial charge is 0.256 e. The Balaban J connectivity index is 2.02. The fraction of sp³-hybridized carbons (Fsp3) is 0.417. The van der Waals surface area contributed by atoms with Crippen LogP contribution < -0.4 is 19.5 Å². The number of unbranched alkanes of at least 4 members (excludes halogenated alkanes) is 1. The molecule has 7 nitrogen and oxygen atoms in total. The Bertz CT molecular complexity index is 978. The fourth-order valence-electron chi connectivity index (χ4n) is 3.73. The summed E-state index contributed by atoms with van der Waals surface area (Å²) in [5.74, 6) is 0.415. The highest BCUT2D eigenvalue weighted by Gasteiger charge is 2.43. The third kappa shape index (κ3) is 5.35. The molecule has 1 aliphatic heterocycles. The Morgan fingerprint density at radius 2 is 1.82 bits per heavy atom. The summed E-state index contributed by atoms with van der Waals surface area (Å²) in [5, 5.41) is 2.40. The Morgan fingerprint density at radius 1 is 1.12 bits per heavy atom. The van der Waals surface area contributed by atoms with E-state index in [1.165, 1.54) is 50.1 Å². The monoisotopic (exact) mass is 476 g/mol. The van der Waals surface area contributed by atoms with Crippen LogP contribution in [0, 0.1) is 5.82 Å². The molecule has 0 saturated carbocycles. The first-order valence-corrected chi connectivity index (χ1v) is 11.8. The van der Waals surface area contributed by atoms with Crippen LogP contribution >= 0.6 is 11.8 Å². The number of halogens is 1. The van der Waals surface area contributed by atoms with E-state index in [0.29, 0.717) is 35.1 Å². The van der Waals surface area contributed by atoms with Crippen LogP contribution in [-0.4, -0.2) is 56.4 Å². The van der Waals surface area contributed by atoms with E-state index in [2.05, 4.69) is 5.32 Å². The van der Waals surface area contributed by atoms with Gasteiger partial charge in [0, 0.05) is 17.9 Å². The predicted molar refractivity (Wildman–Crippen MR) is 126 cm³/mol. The van der Waals surface area contributed by atoms with Crippen molar-refractivity contribution < 1.29 is 28.2 Å². The molecule has 2 aromatic carbocycles. The summed E-state index contributed by atoms with van der Waals surface area (Å²) in [6.45, 7) is 2.57. The molecule has 0 radical (unpaired) electrons. The number of carbonyl (C=O) groups is 2. The minimum atomic E-state index is -0.702. The average molecular weight is 477 g/mol.